The van der Waals surface area contributed by atoms with Crippen molar-refractivity contribution in [3.05, 3.63) is 59.9 Å². The van der Waals surface area contributed by atoms with Crippen LogP contribution in [0.1, 0.15) is 24.1 Å². The van der Waals surface area contributed by atoms with Gasteiger partial charge in [-0.1, -0.05) is 24.1 Å². The van der Waals surface area contributed by atoms with Crippen LogP contribution in [0.15, 0.2) is 48.7 Å². The minimum Gasteiger partial charge on any atom is -0.474 e. The summed E-state index contributed by atoms with van der Waals surface area (Å²) in [7, 11) is 2.13. The van der Waals surface area contributed by atoms with E-state index in [9.17, 15) is 0 Å². The van der Waals surface area contributed by atoms with Crippen LogP contribution in [-0.4, -0.2) is 46.1 Å². The first-order valence-electron chi connectivity index (χ1n) is 8.82. The monoisotopic (exact) mass is 344 g/mol. The van der Waals surface area contributed by atoms with Crippen molar-refractivity contribution in [3.8, 4) is 17.7 Å². The van der Waals surface area contributed by atoms with Crippen molar-refractivity contribution in [2.45, 2.75) is 18.9 Å². The molecule has 26 heavy (non-hydrogen) atoms. The number of fused-ring (bicyclic) bond motifs is 1. The molecular weight excluding hydrogens is 324 g/mol. The summed E-state index contributed by atoms with van der Waals surface area (Å²) in [6.07, 6.45) is 4.06. The number of likely N-dealkylation sites (N-methyl/N-ethyl adjacent to an activating group) is 1. The minimum absolute atomic E-state index is 0.413. The summed E-state index contributed by atoms with van der Waals surface area (Å²) in [6.45, 7) is 1.71. The summed E-state index contributed by atoms with van der Waals surface area (Å²) in [4.78, 5) is 15.8. The zero-order valence-corrected chi connectivity index (χ0v) is 14.7. The van der Waals surface area contributed by atoms with E-state index in [1.54, 1.807) is 6.20 Å². The van der Waals surface area contributed by atoms with Crippen LogP contribution in [0, 0.1) is 11.8 Å². The van der Waals surface area contributed by atoms with E-state index in [-0.39, 0.29) is 0 Å². The summed E-state index contributed by atoms with van der Waals surface area (Å²) >= 11 is 0. The molecule has 5 heteroatoms. The maximum atomic E-state index is 6.04. The SMILES string of the molecule is CN1CCC[C@H]1COc1nc2cccnc2nc1C#Cc1ccccc1. The lowest BCUT2D eigenvalue weighted by molar-refractivity contribution is 0.193. The Morgan fingerprint density at radius 2 is 2.00 bits per heavy atom. The molecule has 0 amide bonds. The van der Waals surface area contributed by atoms with Gasteiger partial charge in [0.2, 0.25) is 5.88 Å². The van der Waals surface area contributed by atoms with Crippen LogP contribution in [0.2, 0.25) is 0 Å². The van der Waals surface area contributed by atoms with Gasteiger partial charge in [-0.25, -0.2) is 15.0 Å². The van der Waals surface area contributed by atoms with Gasteiger partial charge in [0.25, 0.3) is 0 Å². The largest absolute Gasteiger partial charge is 0.474 e. The van der Waals surface area contributed by atoms with Gasteiger partial charge in [-0.15, -0.1) is 0 Å². The zero-order valence-electron chi connectivity index (χ0n) is 14.7. The topological polar surface area (TPSA) is 51.1 Å². The lowest BCUT2D eigenvalue weighted by Crippen LogP contribution is -2.30. The summed E-state index contributed by atoms with van der Waals surface area (Å²) < 4.78 is 6.04. The average molecular weight is 344 g/mol. The van der Waals surface area contributed by atoms with E-state index in [0.717, 1.165) is 18.5 Å². The lowest BCUT2D eigenvalue weighted by Gasteiger charge is -2.19. The second-order valence-corrected chi connectivity index (χ2v) is 6.43. The van der Waals surface area contributed by atoms with E-state index in [1.165, 1.54) is 6.42 Å². The predicted molar refractivity (Wildman–Crippen MR) is 101 cm³/mol. The van der Waals surface area contributed by atoms with E-state index < -0.39 is 0 Å². The van der Waals surface area contributed by atoms with Crippen molar-refractivity contribution in [1.29, 1.82) is 0 Å². The number of pyridine rings is 1. The number of hydrogen-bond donors (Lipinski definition) is 0. The molecule has 0 bridgehead atoms. The molecule has 1 saturated heterocycles. The number of rotatable bonds is 3. The zero-order chi connectivity index (χ0) is 17.8. The van der Waals surface area contributed by atoms with Crippen LogP contribution >= 0.6 is 0 Å². The molecule has 1 aromatic carbocycles. The van der Waals surface area contributed by atoms with E-state index in [4.69, 9.17) is 4.74 Å². The lowest BCUT2D eigenvalue weighted by atomic mass is 10.2. The molecule has 0 spiro atoms. The molecular formula is C21H20N4O. The molecule has 0 unspecified atom stereocenters. The highest BCUT2D eigenvalue weighted by atomic mass is 16.5. The molecule has 0 radical (unpaired) electrons. The number of likely N-dealkylation sites (tertiary alicyclic amines) is 1. The molecule has 3 aromatic rings. The second kappa shape index (κ2) is 7.51. The fourth-order valence-corrected chi connectivity index (χ4v) is 3.08. The van der Waals surface area contributed by atoms with Gasteiger partial charge < -0.3 is 9.64 Å². The van der Waals surface area contributed by atoms with Crippen molar-refractivity contribution in [2.24, 2.45) is 0 Å². The van der Waals surface area contributed by atoms with Crippen molar-refractivity contribution >= 4 is 11.2 Å². The van der Waals surface area contributed by atoms with Gasteiger partial charge in [0, 0.05) is 17.8 Å². The van der Waals surface area contributed by atoms with Gasteiger partial charge in [-0.3, -0.25) is 0 Å². The Bertz CT molecular complexity index is 962. The van der Waals surface area contributed by atoms with Crippen LogP contribution in [-0.2, 0) is 0 Å². The predicted octanol–water partition coefficient (Wildman–Crippen LogP) is 2.90. The molecule has 1 atom stereocenters. The standard InChI is InChI=1S/C21H20N4O/c1-25-14-6-9-17(25)15-26-21-19(12-11-16-7-3-2-4-8-16)23-20-18(24-21)10-5-13-22-20/h2-5,7-8,10,13,17H,6,9,14-15H2,1H3/t17-/m0/s1. The molecule has 3 heterocycles. The smallest absolute Gasteiger partial charge is 0.249 e. The number of aromatic nitrogens is 3. The number of hydrogen-bond acceptors (Lipinski definition) is 5. The number of benzene rings is 1. The molecule has 4 rings (SSSR count). The quantitative estimate of drug-likeness (QED) is 0.684. The first-order valence-corrected chi connectivity index (χ1v) is 8.82. The van der Waals surface area contributed by atoms with Gasteiger partial charge in [-0.2, -0.15) is 0 Å². The van der Waals surface area contributed by atoms with Gasteiger partial charge in [-0.05, 0) is 56.6 Å². The van der Waals surface area contributed by atoms with Crippen LogP contribution in [0.4, 0.5) is 0 Å². The van der Waals surface area contributed by atoms with E-state index in [0.29, 0.717) is 35.4 Å². The molecule has 0 saturated carbocycles. The molecule has 5 nitrogen and oxygen atoms in total. The number of ether oxygens (including phenoxy) is 1. The Balaban J connectivity index is 1.66. The molecule has 0 aliphatic carbocycles. The summed E-state index contributed by atoms with van der Waals surface area (Å²) in [5.41, 5.74) is 2.75. The van der Waals surface area contributed by atoms with Crippen LogP contribution in [0.5, 0.6) is 5.88 Å². The highest BCUT2D eigenvalue weighted by Gasteiger charge is 2.22. The maximum Gasteiger partial charge on any atom is 0.249 e. The first kappa shape index (κ1) is 16.5. The fourth-order valence-electron chi connectivity index (χ4n) is 3.08. The van der Waals surface area contributed by atoms with Gasteiger partial charge in [0.05, 0.1) is 0 Å². The summed E-state index contributed by atoms with van der Waals surface area (Å²) in [5.74, 6) is 6.72. The Morgan fingerprint density at radius 3 is 2.81 bits per heavy atom. The Labute approximate surface area is 153 Å². The normalized spacial score (nSPS) is 17.0. The van der Waals surface area contributed by atoms with Gasteiger partial charge >= 0.3 is 0 Å². The Morgan fingerprint density at radius 1 is 1.12 bits per heavy atom. The first-order chi connectivity index (χ1) is 12.8. The second-order valence-electron chi connectivity index (χ2n) is 6.43. The van der Waals surface area contributed by atoms with Crippen molar-refractivity contribution in [2.75, 3.05) is 20.2 Å². The molecule has 130 valence electrons. The highest BCUT2D eigenvalue weighted by Crippen LogP contribution is 2.20. The Hall–Kier alpha value is -2.97. The van der Waals surface area contributed by atoms with E-state index in [2.05, 4.69) is 38.7 Å². The maximum absolute atomic E-state index is 6.04. The van der Waals surface area contributed by atoms with Crippen LogP contribution in [0.3, 0.4) is 0 Å². The van der Waals surface area contributed by atoms with E-state index in [1.807, 2.05) is 42.5 Å². The summed E-state index contributed by atoms with van der Waals surface area (Å²) in [6, 6.07) is 14.0. The van der Waals surface area contributed by atoms with Crippen LogP contribution < -0.4 is 4.74 Å². The minimum atomic E-state index is 0.413. The molecule has 1 aliphatic heterocycles. The third-order valence-corrected chi connectivity index (χ3v) is 4.59. The summed E-state index contributed by atoms with van der Waals surface area (Å²) in [5, 5.41) is 0. The molecule has 2 aromatic heterocycles. The third kappa shape index (κ3) is 3.66. The highest BCUT2D eigenvalue weighted by molar-refractivity contribution is 5.71. The fraction of sp³-hybridized carbons (Fsp3) is 0.286. The third-order valence-electron chi connectivity index (χ3n) is 4.59. The van der Waals surface area contributed by atoms with Crippen molar-refractivity contribution < 1.29 is 4.74 Å². The van der Waals surface area contributed by atoms with Crippen molar-refractivity contribution in [1.82, 2.24) is 19.9 Å². The van der Waals surface area contributed by atoms with Crippen LogP contribution in [0.25, 0.3) is 11.2 Å². The van der Waals surface area contributed by atoms with Gasteiger partial charge in [0.15, 0.2) is 11.3 Å². The molecule has 0 N–H and O–H groups in total. The average Bonchev–Trinajstić information content (AvgIpc) is 3.10. The molecule has 1 fully saturated rings. The number of nitrogens with zero attached hydrogens (tertiary/aromatic N) is 4. The van der Waals surface area contributed by atoms with Crippen molar-refractivity contribution in [3.63, 3.8) is 0 Å². The van der Waals surface area contributed by atoms with Gasteiger partial charge in [0.1, 0.15) is 12.1 Å². The van der Waals surface area contributed by atoms with E-state index >= 15 is 0 Å². The molecule has 1 aliphatic rings. The Kier molecular flexibility index (Phi) is 4.76.